The van der Waals surface area contributed by atoms with Gasteiger partial charge in [-0.25, -0.2) is 0 Å². The Morgan fingerprint density at radius 1 is 1.10 bits per heavy atom. The normalized spacial score (nSPS) is 13.8. The third-order valence-electron chi connectivity index (χ3n) is 3.24. The predicted octanol–water partition coefficient (Wildman–Crippen LogP) is 4.81. The molecule has 2 rings (SSSR count). The first-order valence-electron chi connectivity index (χ1n) is 6.84. The third kappa shape index (κ3) is 3.95. The lowest BCUT2D eigenvalue weighted by Crippen LogP contribution is -2.24. The van der Waals surface area contributed by atoms with E-state index in [2.05, 4.69) is 11.4 Å². The number of hydrogen-bond acceptors (Lipinski definition) is 2. The molecular formula is C18H17ClN2. The summed E-state index contributed by atoms with van der Waals surface area (Å²) in [6.07, 6.45) is 4.02. The highest BCUT2D eigenvalue weighted by atomic mass is 35.5. The molecule has 2 aromatic carbocycles. The number of nitriles is 1. The first-order valence-corrected chi connectivity index (χ1v) is 7.22. The lowest BCUT2D eigenvalue weighted by atomic mass is 10.0. The van der Waals surface area contributed by atoms with Gasteiger partial charge >= 0.3 is 0 Å². The minimum absolute atomic E-state index is 0.0304. The van der Waals surface area contributed by atoms with Crippen LogP contribution in [0, 0.1) is 11.3 Å². The van der Waals surface area contributed by atoms with E-state index in [-0.39, 0.29) is 6.04 Å². The van der Waals surface area contributed by atoms with E-state index in [1.165, 1.54) is 0 Å². The van der Waals surface area contributed by atoms with Crippen molar-refractivity contribution in [1.29, 1.82) is 5.26 Å². The fourth-order valence-electron chi connectivity index (χ4n) is 2.20. The number of halogens is 1. The molecule has 0 aliphatic carbocycles. The van der Waals surface area contributed by atoms with Crippen LogP contribution in [0.2, 0.25) is 5.02 Å². The molecule has 21 heavy (non-hydrogen) atoms. The van der Waals surface area contributed by atoms with Gasteiger partial charge in [0.15, 0.2) is 0 Å². The van der Waals surface area contributed by atoms with E-state index in [1.807, 2.05) is 67.6 Å². The number of rotatable bonds is 5. The van der Waals surface area contributed by atoms with Crippen LogP contribution < -0.4 is 5.32 Å². The molecule has 0 bridgehead atoms. The maximum atomic E-state index is 9.47. The number of nitrogens with zero attached hydrogens (tertiary/aromatic N) is 1. The van der Waals surface area contributed by atoms with Crippen LogP contribution in [-0.4, -0.2) is 0 Å². The Morgan fingerprint density at radius 3 is 2.38 bits per heavy atom. The number of allylic oxidation sites excluding steroid dienone is 1. The molecule has 0 saturated heterocycles. The zero-order valence-corrected chi connectivity index (χ0v) is 12.6. The summed E-state index contributed by atoms with van der Waals surface area (Å²) in [4.78, 5) is 0. The second-order valence-electron chi connectivity index (χ2n) is 4.66. The average molecular weight is 297 g/mol. The van der Waals surface area contributed by atoms with Crippen molar-refractivity contribution in [1.82, 2.24) is 5.32 Å². The van der Waals surface area contributed by atoms with Gasteiger partial charge in [0.1, 0.15) is 6.04 Å². The van der Waals surface area contributed by atoms with Crippen LogP contribution in [0.4, 0.5) is 0 Å². The van der Waals surface area contributed by atoms with Crippen molar-refractivity contribution in [2.75, 3.05) is 0 Å². The second kappa shape index (κ2) is 7.64. The van der Waals surface area contributed by atoms with E-state index < -0.39 is 6.04 Å². The van der Waals surface area contributed by atoms with E-state index >= 15 is 0 Å². The Balaban J connectivity index is 2.27. The molecule has 2 nitrogen and oxygen atoms in total. The lowest BCUT2D eigenvalue weighted by molar-refractivity contribution is 0.571. The summed E-state index contributed by atoms with van der Waals surface area (Å²) in [5, 5.41) is 13.4. The van der Waals surface area contributed by atoms with Gasteiger partial charge in [0.05, 0.1) is 12.1 Å². The van der Waals surface area contributed by atoms with Gasteiger partial charge in [0, 0.05) is 10.6 Å². The standard InChI is InChI=1S/C18H17ClN2/c1-2-8-17(14-9-4-3-5-10-14)21-18(13-20)15-11-6-7-12-16(15)19/h2-12,17-18,21H,1H3/b8-2+. The van der Waals surface area contributed by atoms with Gasteiger partial charge in [-0.3, -0.25) is 5.32 Å². The molecule has 2 aromatic rings. The predicted molar refractivity (Wildman–Crippen MR) is 86.9 cm³/mol. The van der Waals surface area contributed by atoms with Crippen molar-refractivity contribution in [3.63, 3.8) is 0 Å². The monoisotopic (exact) mass is 296 g/mol. The molecule has 0 spiro atoms. The Bertz CT molecular complexity index is 644. The summed E-state index contributed by atoms with van der Waals surface area (Å²) in [5.41, 5.74) is 1.91. The van der Waals surface area contributed by atoms with Gasteiger partial charge in [-0.2, -0.15) is 5.26 Å². The topological polar surface area (TPSA) is 35.8 Å². The van der Waals surface area contributed by atoms with Crippen molar-refractivity contribution < 1.29 is 0 Å². The maximum absolute atomic E-state index is 9.47. The van der Waals surface area contributed by atoms with Crippen LogP contribution in [0.15, 0.2) is 66.7 Å². The minimum Gasteiger partial charge on any atom is -0.288 e. The third-order valence-corrected chi connectivity index (χ3v) is 3.58. The largest absolute Gasteiger partial charge is 0.288 e. The molecule has 1 N–H and O–H groups in total. The Hall–Kier alpha value is -2.08. The summed E-state index contributed by atoms with van der Waals surface area (Å²) in [6.45, 7) is 1.97. The van der Waals surface area contributed by atoms with Gasteiger partial charge in [-0.15, -0.1) is 0 Å². The molecule has 0 heterocycles. The molecule has 0 aromatic heterocycles. The zero-order valence-electron chi connectivity index (χ0n) is 11.8. The van der Waals surface area contributed by atoms with Crippen molar-refractivity contribution in [2.45, 2.75) is 19.0 Å². The number of nitrogens with one attached hydrogen (secondary N) is 1. The molecule has 0 aliphatic rings. The molecule has 0 saturated carbocycles. The molecule has 0 radical (unpaired) electrons. The average Bonchev–Trinajstić information content (AvgIpc) is 2.53. The molecule has 0 aliphatic heterocycles. The van der Waals surface area contributed by atoms with Gasteiger partial charge < -0.3 is 0 Å². The molecule has 2 atom stereocenters. The SMILES string of the molecule is C/C=C/C(NC(C#N)c1ccccc1Cl)c1ccccc1. The number of hydrogen-bond donors (Lipinski definition) is 1. The second-order valence-corrected chi connectivity index (χ2v) is 5.07. The summed E-state index contributed by atoms with van der Waals surface area (Å²) < 4.78 is 0. The highest BCUT2D eigenvalue weighted by molar-refractivity contribution is 6.31. The molecule has 0 amide bonds. The van der Waals surface area contributed by atoms with Crippen LogP contribution in [0.3, 0.4) is 0 Å². The van der Waals surface area contributed by atoms with Crippen LogP contribution in [0.25, 0.3) is 0 Å². The first-order chi connectivity index (χ1) is 10.3. The van der Waals surface area contributed by atoms with E-state index in [0.717, 1.165) is 11.1 Å². The van der Waals surface area contributed by atoms with Crippen molar-refractivity contribution in [3.8, 4) is 6.07 Å². The molecule has 3 heteroatoms. The molecule has 106 valence electrons. The Kier molecular flexibility index (Phi) is 5.57. The van der Waals surface area contributed by atoms with Crippen molar-refractivity contribution in [2.24, 2.45) is 0 Å². The van der Waals surface area contributed by atoms with E-state index in [9.17, 15) is 5.26 Å². The Labute approximate surface area is 130 Å². The van der Waals surface area contributed by atoms with Crippen LogP contribution >= 0.6 is 11.6 Å². The minimum atomic E-state index is -0.458. The van der Waals surface area contributed by atoms with E-state index in [0.29, 0.717) is 5.02 Å². The molecular weight excluding hydrogens is 280 g/mol. The number of benzene rings is 2. The summed E-state index contributed by atoms with van der Waals surface area (Å²) in [7, 11) is 0. The zero-order chi connectivity index (χ0) is 15.1. The van der Waals surface area contributed by atoms with Crippen molar-refractivity contribution >= 4 is 11.6 Å². The van der Waals surface area contributed by atoms with E-state index in [4.69, 9.17) is 11.6 Å². The maximum Gasteiger partial charge on any atom is 0.123 e. The van der Waals surface area contributed by atoms with Gasteiger partial charge in [-0.05, 0) is 18.6 Å². The first kappa shape index (κ1) is 15.3. The quantitative estimate of drug-likeness (QED) is 0.804. The Morgan fingerprint density at radius 2 is 1.76 bits per heavy atom. The summed E-state index contributed by atoms with van der Waals surface area (Å²) in [5.74, 6) is 0. The van der Waals surface area contributed by atoms with Crippen LogP contribution in [0.5, 0.6) is 0 Å². The lowest BCUT2D eigenvalue weighted by Gasteiger charge is -2.20. The molecule has 0 fully saturated rings. The van der Waals surface area contributed by atoms with Gasteiger partial charge in [0.2, 0.25) is 0 Å². The molecule has 2 unspecified atom stereocenters. The van der Waals surface area contributed by atoms with Gasteiger partial charge in [-0.1, -0.05) is 72.3 Å². The van der Waals surface area contributed by atoms with E-state index in [1.54, 1.807) is 6.07 Å². The van der Waals surface area contributed by atoms with Crippen LogP contribution in [0.1, 0.15) is 30.1 Å². The summed E-state index contributed by atoms with van der Waals surface area (Å²) >= 11 is 6.20. The van der Waals surface area contributed by atoms with Crippen molar-refractivity contribution in [3.05, 3.63) is 82.9 Å². The van der Waals surface area contributed by atoms with Crippen LogP contribution in [-0.2, 0) is 0 Å². The summed E-state index contributed by atoms with van der Waals surface area (Å²) in [6, 6.07) is 19.3. The fraction of sp³-hybridized carbons (Fsp3) is 0.167. The highest BCUT2D eigenvalue weighted by Crippen LogP contribution is 2.25. The fourth-order valence-corrected chi connectivity index (χ4v) is 2.45. The van der Waals surface area contributed by atoms with Gasteiger partial charge in [0.25, 0.3) is 0 Å². The smallest absolute Gasteiger partial charge is 0.123 e. The highest BCUT2D eigenvalue weighted by Gasteiger charge is 2.18.